The van der Waals surface area contributed by atoms with Gasteiger partial charge in [0.05, 0.1) is 30.4 Å². The summed E-state index contributed by atoms with van der Waals surface area (Å²) >= 11 is 0. The summed E-state index contributed by atoms with van der Waals surface area (Å²) in [7, 11) is 0. The van der Waals surface area contributed by atoms with Gasteiger partial charge in [-0.05, 0) is 67.9 Å². The highest BCUT2D eigenvalue weighted by Gasteiger charge is 2.14. The summed E-state index contributed by atoms with van der Waals surface area (Å²) in [5, 5.41) is 8.61. The number of hydrogen-bond donors (Lipinski definition) is 1. The van der Waals surface area contributed by atoms with Crippen LogP contribution in [0, 0.1) is 0 Å². The third-order valence-electron chi connectivity index (χ3n) is 6.06. The van der Waals surface area contributed by atoms with Crippen molar-refractivity contribution in [1.29, 1.82) is 0 Å². The molecule has 0 aliphatic carbocycles. The van der Waals surface area contributed by atoms with E-state index in [0.717, 1.165) is 46.7 Å². The molecule has 1 fully saturated rings. The van der Waals surface area contributed by atoms with Gasteiger partial charge in [0.25, 0.3) is 0 Å². The Kier molecular flexibility index (Phi) is 6.35. The van der Waals surface area contributed by atoms with Crippen molar-refractivity contribution in [2.75, 3.05) is 25.0 Å². The van der Waals surface area contributed by atoms with Gasteiger partial charge in [-0.1, -0.05) is 36.4 Å². The van der Waals surface area contributed by atoms with E-state index in [-0.39, 0.29) is 5.91 Å². The van der Waals surface area contributed by atoms with Crippen LogP contribution < -0.4 is 10.1 Å². The molecule has 1 N–H and O–H groups in total. The quantitative estimate of drug-likeness (QED) is 0.414. The molecule has 6 heteroatoms. The van der Waals surface area contributed by atoms with Crippen LogP contribution in [0.4, 0.5) is 5.69 Å². The first kappa shape index (κ1) is 21.2. The Hall–Kier alpha value is -3.64. The minimum atomic E-state index is -0.0518. The maximum atomic E-state index is 12.7. The molecular formula is C27H28N4O2. The average molecular weight is 441 g/mol. The maximum absolute atomic E-state index is 12.7. The number of carbonyl (C=O) groups is 1. The van der Waals surface area contributed by atoms with Crippen molar-refractivity contribution in [1.82, 2.24) is 14.7 Å². The van der Waals surface area contributed by atoms with Gasteiger partial charge in [0, 0.05) is 11.9 Å². The molecule has 6 nitrogen and oxygen atoms in total. The fourth-order valence-electron chi connectivity index (χ4n) is 4.31. The first-order chi connectivity index (χ1) is 16.2. The summed E-state index contributed by atoms with van der Waals surface area (Å²) in [5.74, 6) is 1.48. The first-order valence-electron chi connectivity index (χ1n) is 11.5. The van der Waals surface area contributed by atoms with Crippen LogP contribution in [0.15, 0.2) is 79.0 Å². The molecule has 1 aliphatic rings. The summed E-state index contributed by atoms with van der Waals surface area (Å²) in [6.45, 7) is 4.23. The second-order valence-electron chi connectivity index (χ2n) is 8.44. The highest BCUT2D eigenvalue weighted by molar-refractivity contribution is 6.01. The fraction of sp³-hybridized carbons (Fsp3) is 0.259. The zero-order chi connectivity index (χ0) is 22.5. The number of amides is 1. The van der Waals surface area contributed by atoms with E-state index in [2.05, 4.69) is 21.4 Å². The third-order valence-corrected chi connectivity index (χ3v) is 6.06. The molecule has 3 aromatic carbocycles. The average Bonchev–Trinajstić information content (AvgIpc) is 3.50. The molecule has 1 aliphatic heterocycles. The number of nitrogens with zero attached hydrogens (tertiary/aromatic N) is 3. The number of anilines is 1. The highest BCUT2D eigenvalue weighted by Crippen LogP contribution is 2.24. The molecule has 1 amide bonds. The molecular weight excluding hydrogens is 412 g/mol. The SMILES string of the molecule is O=C(Cc1ccc(Oc2ccccc2)cc1)Nc1cccc2c1cnn2CCN1CCCC1. The number of likely N-dealkylation sites (tertiary alicyclic amines) is 1. The molecule has 4 aromatic rings. The molecule has 0 unspecified atom stereocenters. The van der Waals surface area contributed by atoms with Gasteiger partial charge < -0.3 is 15.0 Å². The number of carbonyl (C=O) groups excluding carboxylic acids is 1. The topological polar surface area (TPSA) is 59.4 Å². The van der Waals surface area contributed by atoms with Crippen molar-refractivity contribution in [3.05, 3.63) is 84.6 Å². The van der Waals surface area contributed by atoms with E-state index in [9.17, 15) is 4.79 Å². The molecule has 0 bridgehead atoms. The van der Waals surface area contributed by atoms with Gasteiger partial charge in [-0.15, -0.1) is 0 Å². The lowest BCUT2D eigenvalue weighted by atomic mass is 10.1. The summed E-state index contributed by atoms with van der Waals surface area (Å²) in [5.41, 5.74) is 2.78. The smallest absolute Gasteiger partial charge is 0.228 e. The van der Waals surface area contributed by atoms with Crippen LogP contribution in [0.2, 0.25) is 0 Å². The van der Waals surface area contributed by atoms with E-state index >= 15 is 0 Å². The third kappa shape index (κ3) is 5.23. The van der Waals surface area contributed by atoms with E-state index in [0.29, 0.717) is 6.42 Å². The van der Waals surface area contributed by atoms with Gasteiger partial charge in [0.2, 0.25) is 5.91 Å². The van der Waals surface area contributed by atoms with Gasteiger partial charge in [0.1, 0.15) is 11.5 Å². The van der Waals surface area contributed by atoms with E-state index in [4.69, 9.17) is 4.74 Å². The van der Waals surface area contributed by atoms with E-state index < -0.39 is 0 Å². The molecule has 5 rings (SSSR count). The van der Waals surface area contributed by atoms with Crippen LogP contribution in [0.25, 0.3) is 10.9 Å². The molecule has 33 heavy (non-hydrogen) atoms. The standard InChI is InChI=1S/C27H28N4O2/c32-27(19-21-11-13-23(14-12-21)33-22-7-2-1-3-8-22)29-25-9-6-10-26-24(25)20-28-31(26)18-17-30-15-4-5-16-30/h1-3,6-14,20H,4-5,15-19H2,(H,29,32). The Morgan fingerprint density at radius 3 is 2.42 bits per heavy atom. The van der Waals surface area contributed by atoms with Gasteiger partial charge in [-0.3, -0.25) is 9.48 Å². The van der Waals surface area contributed by atoms with Crippen LogP contribution in [0.5, 0.6) is 11.5 Å². The van der Waals surface area contributed by atoms with Gasteiger partial charge in [-0.2, -0.15) is 5.10 Å². The number of benzene rings is 3. The first-order valence-corrected chi connectivity index (χ1v) is 11.5. The number of rotatable bonds is 8. The van der Waals surface area contributed by atoms with Crippen LogP contribution in [0.3, 0.4) is 0 Å². The Balaban J connectivity index is 1.21. The summed E-state index contributed by atoms with van der Waals surface area (Å²) < 4.78 is 7.86. The van der Waals surface area contributed by atoms with Crippen LogP contribution in [0.1, 0.15) is 18.4 Å². The molecule has 0 atom stereocenters. The van der Waals surface area contributed by atoms with Crippen molar-refractivity contribution < 1.29 is 9.53 Å². The van der Waals surface area contributed by atoms with E-state index in [1.165, 1.54) is 25.9 Å². The Bertz CT molecular complexity index is 1210. The Morgan fingerprint density at radius 1 is 0.879 bits per heavy atom. The Morgan fingerprint density at radius 2 is 1.64 bits per heavy atom. The van der Waals surface area contributed by atoms with Crippen LogP contribution in [-0.2, 0) is 17.8 Å². The number of hydrogen-bond acceptors (Lipinski definition) is 4. The van der Waals surface area contributed by atoms with Crippen molar-refractivity contribution in [2.45, 2.75) is 25.8 Å². The molecule has 0 spiro atoms. The number of aromatic nitrogens is 2. The minimum absolute atomic E-state index is 0.0518. The van der Waals surface area contributed by atoms with Crippen molar-refractivity contribution in [2.24, 2.45) is 0 Å². The molecule has 1 saturated heterocycles. The molecule has 0 radical (unpaired) electrons. The monoisotopic (exact) mass is 440 g/mol. The zero-order valence-electron chi connectivity index (χ0n) is 18.6. The number of nitrogens with one attached hydrogen (secondary N) is 1. The fourth-order valence-corrected chi connectivity index (χ4v) is 4.31. The second kappa shape index (κ2) is 9.88. The minimum Gasteiger partial charge on any atom is -0.457 e. The number of para-hydroxylation sites is 1. The molecule has 0 saturated carbocycles. The van der Waals surface area contributed by atoms with Crippen LogP contribution in [-0.4, -0.2) is 40.2 Å². The Labute approximate surface area is 193 Å². The predicted molar refractivity (Wildman–Crippen MR) is 131 cm³/mol. The highest BCUT2D eigenvalue weighted by atomic mass is 16.5. The van der Waals surface area contributed by atoms with E-state index in [1.807, 2.05) is 77.6 Å². The van der Waals surface area contributed by atoms with Gasteiger partial charge in [-0.25, -0.2) is 0 Å². The van der Waals surface area contributed by atoms with Crippen LogP contribution >= 0.6 is 0 Å². The lowest BCUT2D eigenvalue weighted by Crippen LogP contribution is -2.24. The zero-order valence-corrected chi connectivity index (χ0v) is 18.6. The van der Waals surface area contributed by atoms with Crippen molar-refractivity contribution in [3.8, 4) is 11.5 Å². The maximum Gasteiger partial charge on any atom is 0.228 e. The molecule has 2 heterocycles. The van der Waals surface area contributed by atoms with Gasteiger partial charge in [0.15, 0.2) is 0 Å². The summed E-state index contributed by atoms with van der Waals surface area (Å²) in [6, 6.07) is 23.3. The summed E-state index contributed by atoms with van der Waals surface area (Å²) in [6.07, 6.45) is 4.73. The summed E-state index contributed by atoms with van der Waals surface area (Å²) in [4.78, 5) is 15.2. The molecule has 168 valence electrons. The lowest BCUT2D eigenvalue weighted by Gasteiger charge is -2.14. The van der Waals surface area contributed by atoms with Crippen molar-refractivity contribution in [3.63, 3.8) is 0 Å². The number of ether oxygens (including phenoxy) is 1. The second-order valence-corrected chi connectivity index (χ2v) is 8.44. The van der Waals surface area contributed by atoms with E-state index in [1.54, 1.807) is 0 Å². The van der Waals surface area contributed by atoms with Crippen molar-refractivity contribution >= 4 is 22.5 Å². The predicted octanol–water partition coefficient (Wildman–Crippen LogP) is 5.11. The number of fused-ring (bicyclic) bond motifs is 1. The lowest BCUT2D eigenvalue weighted by molar-refractivity contribution is -0.115. The normalized spacial score (nSPS) is 13.9. The largest absolute Gasteiger partial charge is 0.457 e. The van der Waals surface area contributed by atoms with Gasteiger partial charge >= 0.3 is 0 Å². The molecule has 1 aromatic heterocycles.